The molecular formula is C32H60O4. The van der Waals surface area contributed by atoms with Gasteiger partial charge >= 0.3 is 11.9 Å². The first-order valence-corrected chi connectivity index (χ1v) is 16.1. The number of hydrogen-bond donors (Lipinski definition) is 0. The maximum absolute atomic E-state index is 11.4. The number of carbonyl (C=O) groups excluding carboxylic acids is 2. The van der Waals surface area contributed by atoms with Crippen LogP contribution in [0.4, 0.5) is 0 Å². The molecule has 2 aliphatic heterocycles. The lowest BCUT2D eigenvalue weighted by molar-refractivity contribution is -0.144. The zero-order valence-electron chi connectivity index (χ0n) is 23.8. The van der Waals surface area contributed by atoms with Crippen molar-refractivity contribution in [3.8, 4) is 0 Å². The van der Waals surface area contributed by atoms with Crippen LogP contribution in [0.25, 0.3) is 0 Å². The van der Waals surface area contributed by atoms with Crippen LogP contribution in [0.1, 0.15) is 180 Å². The smallest absolute Gasteiger partial charge is 0.305 e. The quantitative estimate of drug-likeness (QED) is 0.305. The van der Waals surface area contributed by atoms with Crippen LogP contribution in [0.15, 0.2) is 0 Å². The molecule has 0 atom stereocenters. The van der Waals surface area contributed by atoms with Gasteiger partial charge in [-0.3, -0.25) is 9.59 Å². The summed E-state index contributed by atoms with van der Waals surface area (Å²) < 4.78 is 10.5. The maximum atomic E-state index is 11.4. The van der Waals surface area contributed by atoms with Gasteiger partial charge < -0.3 is 9.47 Å². The third kappa shape index (κ3) is 24.6. The lowest BCUT2D eigenvalue weighted by Crippen LogP contribution is -2.05. The van der Waals surface area contributed by atoms with E-state index in [4.69, 9.17) is 9.47 Å². The van der Waals surface area contributed by atoms with E-state index in [0.29, 0.717) is 26.1 Å². The van der Waals surface area contributed by atoms with Gasteiger partial charge in [0.15, 0.2) is 0 Å². The first-order valence-electron chi connectivity index (χ1n) is 16.1. The second kappa shape index (κ2) is 27.0. The fraction of sp³-hybridized carbons (Fsp3) is 0.938. The van der Waals surface area contributed by atoms with Crippen molar-refractivity contribution < 1.29 is 19.1 Å². The van der Waals surface area contributed by atoms with Crippen LogP contribution in [-0.4, -0.2) is 25.2 Å². The van der Waals surface area contributed by atoms with Crippen LogP contribution in [0, 0.1) is 0 Å². The lowest BCUT2D eigenvalue weighted by atomic mass is 10.0. The molecule has 4 nitrogen and oxygen atoms in total. The van der Waals surface area contributed by atoms with Gasteiger partial charge in [0.2, 0.25) is 0 Å². The minimum Gasteiger partial charge on any atom is -0.466 e. The fourth-order valence-corrected chi connectivity index (χ4v) is 5.15. The molecule has 0 spiro atoms. The highest BCUT2D eigenvalue weighted by Crippen LogP contribution is 2.15. The van der Waals surface area contributed by atoms with E-state index in [1.807, 2.05) is 0 Å². The number of esters is 2. The number of carbonyl (C=O) groups is 2. The van der Waals surface area contributed by atoms with E-state index in [0.717, 1.165) is 25.7 Å². The summed E-state index contributed by atoms with van der Waals surface area (Å²) in [6.45, 7) is 1.28. The monoisotopic (exact) mass is 508 g/mol. The van der Waals surface area contributed by atoms with Crippen LogP contribution in [0.3, 0.4) is 0 Å². The standard InChI is InChI=1S/2C16H30O2/c2*17-16-14-12-10-8-6-4-2-1-3-5-7-9-11-13-15-18-16/h2*1-15H2. The molecular weight excluding hydrogens is 448 g/mol. The van der Waals surface area contributed by atoms with Crippen molar-refractivity contribution in [2.75, 3.05) is 13.2 Å². The van der Waals surface area contributed by atoms with E-state index in [1.165, 1.54) is 141 Å². The van der Waals surface area contributed by atoms with Gasteiger partial charge in [0.1, 0.15) is 0 Å². The second-order valence-electron chi connectivity index (χ2n) is 11.1. The van der Waals surface area contributed by atoms with Crippen molar-refractivity contribution in [3.05, 3.63) is 0 Å². The molecule has 0 aromatic rings. The Hall–Kier alpha value is -1.06. The van der Waals surface area contributed by atoms with Gasteiger partial charge in [-0.05, 0) is 25.7 Å². The first-order chi connectivity index (χ1) is 17.8. The van der Waals surface area contributed by atoms with Crippen LogP contribution < -0.4 is 0 Å². The van der Waals surface area contributed by atoms with Crippen molar-refractivity contribution in [3.63, 3.8) is 0 Å². The highest BCUT2D eigenvalue weighted by atomic mass is 16.5. The highest BCUT2D eigenvalue weighted by molar-refractivity contribution is 5.69. The number of hydrogen-bond acceptors (Lipinski definition) is 4. The van der Waals surface area contributed by atoms with E-state index in [1.54, 1.807) is 0 Å². The number of cyclic esters (lactones) is 2. The van der Waals surface area contributed by atoms with Gasteiger partial charge in [-0.1, -0.05) is 141 Å². The van der Waals surface area contributed by atoms with Gasteiger partial charge in [-0.25, -0.2) is 0 Å². The predicted octanol–water partition coefficient (Wildman–Crippen LogP) is 10.0. The Labute approximate surface area is 224 Å². The Balaban J connectivity index is 0.000000360. The zero-order chi connectivity index (χ0) is 25.8. The van der Waals surface area contributed by atoms with Gasteiger partial charge in [0, 0.05) is 12.8 Å². The Morgan fingerprint density at radius 3 is 0.722 bits per heavy atom. The summed E-state index contributed by atoms with van der Waals surface area (Å²) in [5.74, 6) is 0.0265. The molecule has 0 aliphatic carbocycles. The van der Waals surface area contributed by atoms with Crippen LogP contribution in [0.5, 0.6) is 0 Å². The van der Waals surface area contributed by atoms with Crippen molar-refractivity contribution in [2.24, 2.45) is 0 Å². The van der Waals surface area contributed by atoms with E-state index in [-0.39, 0.29) is 11.9 Å². The first kappa shape index (κ1) is 33.0. The van der Waals surface area contributed by atoms with Gasteiger partial charge in [0.25, 0.3) is 0 Å². The summed E-state index contributed by atoms with van der Waals surface area (Å²) in [5, 5.41) is 0. The Morgan fingerprint density at radius 2 is 0.472 bits per heavy atom. The van der Waals surface area contributed by atoms with E-state index < -0.39 is 0 Å². The van der Waals surface area contributed by atoms with E-state index in [2.05, 4.69) is 0 Å². The minimum atomic E-state index is 0.0133. The summed E-state index contributed by atoms with van der Waals surface area (Å²) in [6, 6.07) is 0. The molecule has 0 aromatic carbocycles. The summed E-state index contributed by atoms with van der Waals surface area (Å²) >= 11 is 0. The summed E-state index contributed by atoms with van der Waals surface area (Å²) in [7, 11) is 0. The lowest BCUT2D eigenvalue weighted by Gasteiger charge is -2.04. The van der Waals surface area contributed by atoms with Gasteiger partial charge in [0.05, 0.1) is 13.2 Å². The summed E-state index contributed by atoms with van der Waals surface area (Å²) in [4.78, 5) is 22.8. The summed E-state index contributed by atoms with van der Waals surface area (Å²) in [5.41, 5.74) is 0. The van der Waals surface area contributed by atoms with Crippen molar-refractivity contribution in [1.29, 1.82) is 0 Å². The molecule has 0 bridgehead atoms. The summed E-state index contributed by atoms with van der Waals surface area (Å²) in [6.07, 6.45) is 34.8. The molecule has 0 amide bonds. The molecule has 212 valence electrons. The molecule has 0 unspecified atom stereocenters. The fourth-order valence-electron chi connectivity index (χ4n) is 5.15. The van der Waals surface area contributed by atoms with Crippen LogP contribution in [-0.2, 0) is 19.1 Å². The average Bonchev–Trinajstić information content (AvgIpc) is 2.88. The molecule has 4 heteroatoms. The van der Waals surface area contributed by atoms with E-state index in [9.17, 15) is 9.59 Å². The second-order valence-corrected chi connectivity index (χ2v) is 11.1. The van der Waals surface area contributed by atoms with Crippen LogP contribution >= 0.6 is 0 Å². The third-order valence-corrected chi connectivity index (χ3v) is 7.58. The van der Waals surface area contributed by atoms with Gasteiger partial charge in [-0.2, -0.15) is 0 Å². The SMILES string of the molecule is O=C1CCCCCCCCCCCCCCCO1.O=C1CCCCCCCCCCCCCCCO1. The number of ether oxygens (including phenoxy) is 2. The minimum absolute atomic E-state index is 0.0133. The topological polar surface area (TPSA) is 52.6 Å². The molecule has 2 aliphatic rings. The maximum Gasteiger partial charge on any atom is 0.305 e. The third-order valence-electron chi connectivity index (χ3n) is 7.58. The zero-order valence-corrected chi connectivity index (χ0v) is 23.8. The Bertz CT molecular complexity index is 407. The molecule has 2 heterocycles. The predicted molar refractivity (Wildman–Crippen MR) is 151 cm³/mol. The number of rotatable bonds is 0. The molecule has 0 saturated carbocycles. The largest absolute Gasteiger partial charge is 0.466 e. The van der Waals surface area contributed by atoms with Crippen molar-refractivity contribution >= 4 is 11.9 Å². The molecule has 0 N–H and O–H groups in total. The normalized spacial score (nSPS) is 23.0. The Kier molecular flexibility index (Phi) is 24.7. The van der Waals surface area contributed by atoms with Crippen molar-refractivity contribution in [2.45, 2.75) is 180 Å². The molecule has 36 heavy (non-hydrogen) atoms. The molecule has 2 fully saturated rings. The Morgan fingerprint density at radius 1 is 0.278 bits per heavy atom. The van der Waals surface area contributed by atoms with Crippen LogP contribution in [0.2, 0.25) is 0 Å². The van der Waals surface area contributed by atoms with Gasteiger partial charge in [-0.15, -0.1) is 0 Å². The highest BCUT2D eigenvalue weighted by Gasteiger charge is 2.04. The van der Waals surface area contributed by atoms with Crippen molar-refractivity contribution in [1.82, 2.24) is 0 Å². The molecule has 2 rings (SSSR count). The van der Waals surface area contributed by atoms with E-state index >= 15 is 0 Å². The average molecular weight is 509 g/mol. The molecule has 0 radical (unpaired) electrons. The molecule has 0 aromatic heterocycles. The molecule has 2 saturated heterocycles.